The highest BCUT2D eigenvalue weighted by Crippen LogP contribution is 2.30. The topological polar surface area (TPSA) is 29.5 Å². The Labute approximate surface area is 78.4 Å². The van der Waals surface area contributed by atoms with E-state index in [4.69, 9.17) is 5.26 Å². The van der Waals surface area contributed by atoms with Gasteiger partial charge in [-0.15, -0.1) is 0 Å². The molecular weight excluding hydrogens is 231 g/mol. The molecule has 0 aliphatic rings. The van der Waals surface area contributed by atoms with Gasteiger partial charge in [0.05, 0.1) is 12.0 Å². The van der Waals surface area contributed by atoms with Crippen LogP contribution in [-0.2, 0) is 4.33 Å². The molecule has 1 N–H and O–H groups in total. The lowest BCUT2D eigenvalue weighted by Gasteiger charge is -2.04. The minimum Gasteiger partial charge on any atom is -0.239 e. The maximum Gasteiger partial charge on any atom is 0.200 e. The van der Waals surface area contributed by atoms with Crippen molar-refractivity contribution in [3.8, 4) is 0 Å². The van der Waals surface area contributed by atoms with Crippen LogP contribution in [0.1, 0.15) is 0 Å². The molecule has 0 unspecified atom stereocenters. The second kappa shape index (κ2) is 4.11. The lowest BCUT2D eigenvalue weighted by atomic mass is 10.3. The minimum atomic E-state index is -2.26. The highest BCUT2D eigenvalue weighted by molar-refractivity contribution is 7.94. The SMILES string of the molecule is OOSc1c(F)c(F)c(F)c(F)c1F. The van der Waals surface area contributed by atoms with Crippen molar-refractivity contribution in [2.75, 3.05) is 0 Å². The van der Waals surface area contributed by atoms with Gasteiger partial charge in [-0.2, -0.15) is 4.33 Å². The van der Waals surface area contributed by atoms with E-state index in [1.807, 2.05) is 0 Å². The van der Waals surface area contributed by atoms with Gasteiger partial charge in [0.2, 0.25) is 5.82 Å². The van der Waals surface area contributed by atoms with Gasteiger partial charge in [-0.05, 0) is 0 Å². The first-order valence-electron chi connectivity index (χ1n) is 3.00. The third-order valence-electron chi connectivity index (χ3n) is 1.29. The maximum atomic E-state index is 12.7. The average Bonchev–Trinajstić information content (AvgIpc) is 2.19. The molecule has 14 heavy (non-hydrogen) atoms. The van der Waals surface area contributed by atoms with Crippen molar-refractivity contribution in [1.82, 2.24) is 0 Å². The van der Waals surface area contributed by atoms with Gasteiger partial charge in [0.25, 0.3) is 0 Å². The molecule has 0 saturated heterocycles. The molecule has 0 radical (unpaired) electrons. The third-order valence-corrected chi connectivity index (χ3v) is 1.89. The first-order valence-corrected chi connectivity index (χ1v) is 3.74. The largest absolute Gasteiger partial charge is 0.239 e. The Kier molecular flexibility index (Phi) is 3.29. The van der Waals surface area contributed by atoms with Crippen LogP contribution in [0.3, 0.4) is 0 Å². The smallest absolute Gasteiger partial charge is 0.200 e. The molecule has 1 aromatic rings. The van der Waals surface area contributed by atoms with E-state index in [0.717, 1.165) is 0 Å². The molecule has 0 heterocycles. The van der Waals surface area contributed by atoms with Crippen LogP contribution in [-0.4, -0.2) is 5.26 Å². The van der Waals surface area contributed by atoms with E-state index >= 15 is 0 Å². The normalized spacial score (nSPS) is 10.7. The molecule has 2 nitrogen and oxygen atoms in total. The van der Waals surface area contributed by atoms with Crippen molar-refractivity contribution in [3.05, 3.63) is 29.1 Å². The average molecular weight is 232 g/mol. The summed E-state index contributed by atoms with van der Waals surface area (Å²) in [5.41, 5.74) is 0. The molecule has 0 fully saturated rings. The molecule has 0 spiro atoms. The first kappa shape index (κ1) is 11.2. The van der Waals surface area contributed by atoms with Gasteiger partial charge in [0, 0.05) is 0 Å². The fourth-order valence-corrected chi connectivity index (χ4v) is 1.10. The predicted octanol–water partition coefficient (Wildman–Crippen LogP) is 2.88. The predicted molar refractivity (Wildman–Crippen MR) is 35.8 cm³/mol. The van der Waals surface area contributed by atoms with E-state index in [-0.39, 0.29) is 12.0 Å². The highest BCUT2D eigenvalue weighted by Gasteiger charge is 2.26. The maximum absolute atomic E-state index is 12.7. The van der Waals surface area contributed by atoms with Crippen molar-refractivity contribution in [1.29, 1.82) is 0 Å². The number of hydrogen-bond acceptors (Lipinski definition) is 3. The van der Waals surface area contributed by atoms with E-state index in [2.05, 4.69) is 4.33 Å². The van der Waals surface area contributed by atoms with Gasteiger partial charge >= 0.3 is 0 Å². The first-order chi connectivity index (χ1) is 6.50. The van der Waals surface area contributed by atoms with Crippen molar-refractivity contribution in [2.24, 2.45) is 0 Å². The standard InChI is InChI=1S/C6HF5O2S/c7-1-2(8)4(10)6(14-13-12)5(11)3(1)9/h12H. The Balaban J connectivity index is 3.43. The van der Waals surface area contributed by atoms with Crippen LogP contribution in [0.25, 0.3) is 0 Å². The van der Waals surface area contributed by atoms with Gasteiger partial charge in [-0.1, -0.05) is 0 Å². The van der Waals surface area contributed by atoms with Gasteiger partial charge in [-0.25, -0.2) is 27.2 Å². The summed E-state index contributed by atoms with van der Waals surface area (Å²) < 4.78 is 65.8. The Morgan fingerprint density at radius 3 is 1.50 bits per heavy atom. The van der Waals surface area contributed by atoms with Crippen LogP contribution in [0, 0.1) is 29.1 Å². The number of halogens is 5. The molecular formula is C6HF5O2S. The summed E-state index contributed by atoms with van der Waals surface area (Å²) >= 11 is -0.376. The summed E-state index contributed by atoms with van der Waals surface area (Å²) in [5.74, 6) is -10.6. The van der Waals surface area contributed by atoms with E-state index in [1.165, 1.54) is 0 Å². The highest BCUT2D eigenvalue weighted by atomic mass is 32.2. The zero-order valence-corrected chi connectivity index (χ0v) is 6.97. The molecule has 8 heteroatoms. The summed E-state index contributed by atoms with van der Waals surface area (Å²) in [4.78, 5) is -1.30. The van der Waals surface area contributed by atoms with Crippen molar-refractivity contribution < 1.29 is 31.5 Å². The Hall–Kier alpha value is -0.860. The van der Waals surface area contributed by atoms with E-state index in [1.54, 1.807) is 0 Å². The van der Waals surface area contributed by atoms with Crippen molar-refractivity contribution >= 4 is 12.0 Å². The van der Waals surface area contributed by atoms with Crippen molar-refractivity contribution in [3.63, 3.8) is 0 Å². The van der Waals surface area contributed by atoms with Crippen molar-refractivity contribution in [2.45, 2.75) is 4.90 Å². The van der Waals surface area contributed by atoms with Gasteiger partial charge in [-0.3, -0.25) is 0 Å². The summed E-state index contributed by atoms with van der Waals surface area (Å²) in [6.45, 7) is 0. The summed E-state index contributed by atoms with van der Waals surface area (Å²) in [5, 5.41) is 7.81. The molecule has 0 atom stereocenters. The Morgan fingerprint density at radius 2 is 1.14 bits per heavy atom. The quantitative estimate of drug-likeness (QED) is 0.212. The van der Waals surface area contributed by atoms with Gasteiger partial charge in [0.15, 0.2) is 23.3 Å². The van der Waals surface area contributed by atoms with Crippen LogP contribution in [0.15, 0.2) is 4.90 Å². The van der Waals surface area contributed by atoms with E-state index < -0.39 is 34.0 Å². The lowest BCUT2D eigenvalue weighted by molar-refractivity contribution is -0.116. The van der Waals surface area contributed by atoms with E-state index in [9.17, 15) is 22.0 Å². The third kappa shape index (κ3) is 1.68. The molecule has 0 aliphatic carbocycles. The molecule has 0 bridgehead atoms. The summed E-state index contributed by atoms with van der Waals surface area (Å²) in [6.07, 6.45) is 0. The molecule has 0 aliphatic heterocycles. The molecule has 0 saturated carbocycles. The monoisotopic (exact) mass is 232 g/mol. The molecule has 0 aromatic heterocycles. The number of benzene rings is 1. The van der Waals surface area contributed by atoms with Crippen LogP contribution >= 0.6 is 12.0 Å². The molecule has 0 amide bonds. The van der Waals surface area contributed by atoms with Gasteiger partial charge < -0.3 is 0 Å². The molecule has 1 aromatic carbocycles. The summed E-state index contributed by atoms with van der Waals surface area (Å²) in [7, 11) is 0. The number of hydrogen-bond donors (Lipinski definition) is 1. The zero-order valence-electron chi connectivity index (χ0n) is 6.15. The van der Waals surface area contributed by atoms with Gasteiger partial charge in [0.1, 0.15) is 4.90 Å². The van der Waals surface area contributed by atoms with Crippen LogP contribution in [0.5, 0.6) is 0 Å². The minimum absolute atomic E-state index is 0.376. The second-order valence-electron chi connectivity index (χ2n) is 2.06. The summed E-state index contributed by atoms with van der Waals surface area (Å²) in [6, 6.07) is 0. The fraction of sp³-hybridized carbons (Fsp3) is 0. The lowest BCUT2D eigenvalue weighted by Crippen LogP contribution is -2.03. The number of rotatable bonds is 2. The van der Waals surface area contributed by atoms with Crippen LogP contribution < -0.4 is 0 Å². The second-order valence-corrected chi connectivity index (χ2v) is 2.78. The zero-order chi connectivity index (χ0) is 10.9. The van der Waals surface area contributed by atoms with Crippen LogP contribution in [0.2, 0.25) is 0 Å². The Bertz CT molecular complexity index is 341. The van der Waals surface area contributed by atoms with Crippen LogP contribution in [0.4, 0.5) is 22.0 Å². The fourth-order valence-electron chi connectivity index (χ4n) is 0.695. The Morgan fingerprint density at radius 1 is 0.786 bits per heavy atom. The molecule has 1 rings (SSSR count). The molecule has 78 valence electrons. The van der Waals surface area contributed by atoms with E-state index in [0.29, 0.717) is 0 Å².